The number of carbonyl (C=O) groups excluding carboxylic acids is 1. The van der Waals surface area contributed by atoms with Crippen LogP contribution in [0.4, 0.5) is 5.69 Å². The topological polar surface area (TPSA) is 68.5 Å². The second-order valence-electron chi connectivity index (χ2n) is 5.62. The van der Waals surface area contributed by atoms with Gasteiger partial charge in [0.25, 0.3) is 5.91 Å². The minimum Gasteiger partial charge on any atom is -0.397 e. The average Bonchev–Trinajstić information content (AvgIpc) is 2.73. The van der Waals surface area contributed by atoms with Gasteiger partial charge in [-0.2, -0.15) is 0 Å². The quantitative estimate of drug-likeness (QED) is 0.878. The molecule has 3 rings (SSSR count). The standard InChI is InChI=1S/C15H19N3O2S/c1-8-4-5-11-12(16)13(21-14(11)17-8)15(19)18-6-9(2)20-10(3)7-18/h4-5,9-10H,6-7,16H2,1-3H3/t9-,10+. The van der Waals surface area contributed by atoms with Crippen molar-refractivity contribution >= 4 is 33.1 Å². The maximum atomic E-state index is 12.7. The minimum absolute atomic E-state index is 0.0184. The second kappa shape index (κ2) is 5.27. The molecule has 5 nitrogen and oxygen atoms in total. The van der Waals surface area contributed by atoms with E-state index in [-0.39, 0.29) is 18.1 Å². The first-order valence-electron chi connectivity index (χ1n) is 7.06. The van der Waals surface area contributed by atoms with E-state index in [1.54, 1.807) is 0 Å². The largest absolute Gasteiger partial charge is 0.397 e. The number of aryl methyl sites for hydroxylation is 1. The van der Waals surface area contributed by atoms with E-state index in [2.05, 4.69) is 4.98 Å². The van der Waals surface area contributed by atoms with E-state index in [0.29, 0.717) is 23.7 Å². The summed E-state index contributed by atoms with van der Waals surface area (Å²) in [4.78, 5) is 20.4. The molecule has 0 aliphatic carbocycles. The Balaban J connectivity index is 1.96. The van der Waals surface area contributed by atoms with Crippen LogP contribution in [0.15, 0.2) is 12.1 Å². The molecule has 112 valence electrons. The Morgan fingerprint density at radius 2 is 2.05 bits per heavy atom. The van der Waals surface area contributed by atoms with E-state index in [9.17, 15) is 4.79 Å². The number of morpholine rings is 1. The van der Waals surface area contributed by atoms with Crippen molar-refractivity contribution < 1.29 is 9.53 Å². The molecule has 2 aromatic rings. The summed E-state index contributed by atoms with van der Waals surface area (Å²) in [5.41, 5.74) is 7.63. The number of nitrogens with two attached hydrogens (primary N) is 1. The molecule has 0 bridgehead atoms. The van der Waals surface area contributed by atoms with Gasteiger partial charge >= 0.3 is 0 Å². The molecule has 2 aromatic heterocycles. The Hall–Kier alpha value is -1.66. The molecule has 0 saturated carbocycles. The summed E-state index contributed by atoms with van der Waals surface area (Å²) in [5.74, 6) is -0.0184. The summed E-state index contributed by atoms with van der Waals surface area (Å²) >= 11 is 1.37. The lowest BCUT2D eigenvalue weighted by molar-refractivity contribution is -0.0584. The fourth-order valence-corrected chi connectivity index (χ4v) is 3.84. The van der Waals surface area contributed by atoms with E-state index in [1.807, 2.05) is 37.8 Å². The molecule has 21 heavy (non-hydrogen) atoms. The van der Waals surface area contributed by atoms with Gasteiger partial charge in [0.05, 0.1) is 17.9 Å². The molecule has 0 spiro atoms. The highest BCUT2D eigenvalue weighted by Crippen LogP contribution is 2.33. The number of amides is 1. The Morgan fingerprint density at radius 3 is 2.71 bits per heavy atom. The zero-order valence-electron chi connectivity index (χ0n) is 12.4. The van der Waals surface area contributed by atoms with Crippen LogP contribution < -0.4 is 5.73 Å². The average molecular weight is 305 g/mol. The van der Waals surface area contributed by atoms with E-state index in [1.165, 1.54) is 11.3 Å². The van der Waals surface area contributed by atoms with E-state index in [0.717, 1.165) is 15.9 Å². The smallest absolute Gasteiger partial charge is 0.266 e. The highest BCUT2D eigenvalue weighted by molar-refractivity contribution is 7.21. The number of fused-ring (bicyclic) bond motifs is 1. The number of thiophene rings is 1. The Labute approximate surface area is 127 Å². The summed E-state index contributed by atoms with van der Waals surface area (Å²) in [6.45, 7) is 7.10. The summed E-state index contributed by atoms with van der Waals surface area (Å²) in [5, 5.41) is 0.864. The molecule has 1 amide bonds. The van der Waals surface area contributed by atoms with Crippen LogP contribution in [0.25, 0.3) is 10.2 Å². The highest BCUT2D eigenvalue weighted by Gasteiger charge is 2.29. The number of nitrogens with zero attached hydrogens (tertiary/aromatic N) is 2. The van der Waals surface area contributed by atoms with Crippen molar-refractivity contribution in [3.63, 3.8) is 0 Å². The Bertz CT molecular complexity index is 688. The molecule has 1 aliphatic rings. The summed E-state index contributed by atoms with van der Waals surface area (Å²) in [7, 11) is 0. The van der Waals surface area contributed by atoms with Gasteiger partial charge in [-0.1, -0.05) is 0 Å². The van der Waals surface area contributed by atoms with E-state index < -0.39 is 0 Å². The lowest BCUT2D eigenvalue weighted by atomic mass is 10.2. The predicted molar refractivity (Wildman–Crippen MR) is 84.7 cm³/mol. The highest BCUT2D eigenvalue weighted by atomic mass is 32.1. The SMILES string of the molecule is Cc1ccc2c(N)c(C(=O)N3C[C@@H](C)O[C@@H](C)C3)sc2n1. The third kappa shape index (κ3) is 2.61. The van der Waals surface area contributed by atoms with Crippen molar-refractivity contribution in [3.8, 4) is 0 Å². The molecule has 1 saturated heterocycles. The van der Waals surface area contributed by atoms with Gasteiger partial charge in [0.2, 0.25) is 0 Å². The third-order valence-electron chi connectivity index (χ3n) is 3.63. The molecular weight excluding hydrogens is 286 g/mol. The van der Waals surface area contributed by atoms with Crippen LogP contribution in [-0.2, 0) is 4.74 Å². The molecule has 1 fully saturated rings. The molecule has 2 atom stereocenters. The van der Waals surface area contributed by atoms with Crippen LogP contribution in [0.5, 0.6) is 0 Å². The van der Waals surface area contributed by atoms with Crippen LogP contribution in [-0.4, -0.2) is 41.1 Å². The van der Waals surface area contributed by atoms with Crippen molar-refractivity contribution in [1.29, 1.82) is 0 Å². The van der Waals surface area contributed by atoms with Gasteiger partial charge in [0.1, 0.15) is 9.71 Å². The monoisotopic (exact) mass is 305 g/mol. The lowest BCUT2D eigenvalue weighted by Gasteiger charge is -2.35. The van der Waals surface area contributed by atoms with Crippen LogP contribution >= 0.6 is 11.3 Å². The van der Waals surface area contributed by atoms with Crippen LogP contribution in [0.2, 0.25) is 0 Å². The Kier molecular flexibility index (Phi) is 3.59. The zero-order valence-corrected chi connectivity index (χ0v) is 13.2. The number of nitrogen functional groups attached to an aromatic ring is 1. The number of hydrogen-bond acceptors (Lipinski definition) is 5. The maximum absolute atomic E-state index is 12.7. The van der Waals surface area contributed by atoms with Crippen molar-refractivity contribution in [3.05, 3.63) is 22.7 Å². The lowest BCUT2D eigenvalue weighted by Crippen LogP contribution is -2.48. The van der Waals surface area contributed by atoms with Gasteiger partial charge in [-0.15, -0.1) is 11.3 Å². The second-order valence-corrected chi connectivity index (χ2v) is 6.62. The van der Waals surface area contributed by atoms with Gasteiger partial charge < -0.3 is 15.4 Å². The predicted octanol–water partition coefficient (Wildman–Crippen LogP) is 2.44. The van der Waals surface area contributed by atoms with E-state index in [4.69, 9.17) is 10.5 Å². The van der Waals surface area contributed by atoms with Crippen molar-refractivity contribution in [2.45, 2.75) is 33.0 Å². The number of rotatable bonds is 1. The molecule has 6 heteroatoms. The third-order valence-corrected chi connectivity index (χ3v) is 4.74. The molecular formula is C15H19N3O2S. The first-order chi connectivity index (χ1) is 9.95. The van der Waals surface area contributed by atoms with Gasteiger partial charge in [-0.05, 0) is 32.9 Å². The van der Waals surface area contributed by atoms with Gasteiger partial charge in [-0.3, -0.25) is 4.79 Å². The molecule has 0 aromatic carbocycles. The maximum Gasteiger partial charge on any atom is 0.266 e. The summed E-state index contributed by atoms with van der Waals surface area (Å²) in [6, 6.07) is 3.85. The number of hydrogen-bond donors (Lipinski definition) is 1. The summed E-state index contributed by atoms with van der Waals surface area (Å²) < 4.78 is 5.67. The van der Waals surface area contributed by atoms with E-state index >= 15 is 0 Å². The number of anilines is 1. The number of carbonyl (C=O) groups is 1. The molecule has 3 heterocycles. The van der Waals surface area contributed by atoms with Crippen LogP contribution in [0.1, 0.15) is 29.2 Å². The number of ether oxygens (including phenoxy) is 1. The first-order valence-corrected chi connectivity index (χ1v) is 7.87. The Morgan fingerprint density at radius 1 is 1.38 bits per heavy atom. The van der Waals surface area contributed by atoms with Crippen molar-refractivity contribution in [2.75, 3.05) is 18.8 Å². The molecule has 1 aliphatic heterocycles. The van der Waals surface area contributed by atoms with Gasteiger partial charge in [0.15, 0.2) is 0 Å². The molecule has 2 N–H and O–H groups in total. The zero-order chi connectivity index (χ0) is 15.1. The number of pyridine rings is 1. The van der Waals surface area contributed by atoms with Gasteiger partial charge in [0, 0.05) is 24.2 Å². The van der Waals surface area contributed by atoms with Crippen LogP contribution in [0, 0.1) is 6.92 Å². The fourth-order valence-electron chi connectivity index (χ4n) is 2.74. The molecule has 0 unspecified atom stereocenters. The minimum atomic E-state index is -0.0184. The summed E-state index contributed by atoms with van der Waals surface area (Å²) in [6.07, 6.45) is 0.0994. The first kappa shape index (κ1) is 14.3. The molecule has 0 radical (unpaired) electrons. The van der Waals surface area contributed by atoms with Crippen LogP contribution in [0.3, 0.4) is 0 Å². The normalized spacial score (nSPS) is 22.7. The fraction of sp³-hybridized carbons (Fsp3) is 0.467. The van der Waals surface area contributed by atoms with Gasteiger partial charge in [-0.25, -0.2) is 4.98 Å². The number of aromatic nitrogens is 1. The van der Waals surface area contributed by atoms with Crippen molar-refractivity contribution in [2.24, 2.45) is 0 Å². The van der Waals surface area contributed by atoms with Crippen molar-refractivity contribution in [1.82, 2.24) is 9.88 Å².